The summed E-state index contributed by atoms with van der Waals surface area (Å²) in [5.74, 6) is 1.11. The number of nitrogens with two attached hydrogens (primary N) is 1. The van der Waals surface area contributed by atoms with E-state index in [4.69, 9.17) is 5.73 Å². The fourth-order valence-electron chi connectivity index (χ4n) is 2.02. The Balaban J connectivity index is 1.59. The van der Waals surface area contributed by atoms with Gasteiger partial charge >= 0.3 is 0 Å². The molecule has 5 nitrogen and oxygen atoms in total. The average Bonchev–Trinajstić information content (AvgIpc) is 2.42. The first kappa shape index (κ1) is 14.4. The molecule has 1 fully saturated rings. The molecule has 0 bridgehead atoms. The van der Waals surface area contributed by atoms with E-state index in [2.05, 4.69) is 15.6 Å². The first-order valence-electron chi connectivity index (χ1n) is 7.13. The summed E-state index contributed by atoms with van der Waals surface area (Å²) in [7, 11) is 0. The first-order chi connectivity index (χ1) is 9.75. The van der Waals surface area contributed by atoms with Gasteiger partial charge in [0.25, 0.3) is 5.91 Å². The van der Waals surface area contributed by atoms with Gasteiger partial charge in [-0.05, 0) is 30.9 Å². The molecule has 1 aliphatic carbocycles. The summed E-state index contributed by atoms with van der Waals surface area (Å²) in [5, 5.41) is 5.84. The molecule has 1 amide bonds. The Labute approximate surface area is 119 Å². The molecule has 2 rings (SSSR count). The van der Waals surface area contributed by atoms with Crippen molar-refractivity contribution in [3.63, 3.8) is 0 Å². The van der Waals surface area contributed by atoms with Crippen LogP contribution in [0.3, 0.4) is 0 Å². The number of amides is 1. The summed E-state index contributed by atoms with van der Waals surface area (Å²) in [6, 6.07) is 9.16. The average molecular weight is 274 g/mol. The molecule has 1 aromatic carbocycles. The molecule has 4 N–H and O–H groups in total. The van der Waals surface area contributed by atoms with Gasteiger partial charge in [0.2, 0.25) is 0 Å². The maximum atomic E-state index is 11.8. The third kappa shape index (κ3) is 4.57. The molecule has 0 aliphatic heterocycles. The molecule has 0 radical (unpaired) electrons. The van der Waals surface area contributed by atoms with E-state index in [1.54, 1.807) is 12.1 Å². The van der Waals surface area contributed by atoms with E-state index in [9.17, 15) is 4.79 Å². The number of benzene rings is 1. The molecular weight excluding hydrogens is 252 g/mol. The normalized spacial score (nSPS) is 15.5. The Morgan fingerprint density at radius 1 is 1.20 bits per heavy atom. The highest BCUT2D eigenvalue weighted by Crippen LogP contribution is 2.26. The number of aliphatic imine (C=N–C) groups is 1. The van der Waals surface area contributed by atoms with Crippen molar-refractivity contribution in [1.29, 1.82) is 0 Å². The van der Waals surface area contributed by atoms with E-state index >= 15 is 0 Å². The molecule has 5 heteroatoms. The van der Waals surface area contributed by atoms with Gasteiger partial charge in [-0.3, -0.25) is 9.79 Å². The van der Waals surface area contributed by atoms with Gasteiger partial charge in [0.15, 0.2) is 5.96 Å². The minimum Gasteiger partial charge on any atom is -0.370 e. The summed E-state index contributed by atoms with van der Waals surface area (Å²) in [4.78, 5) is 16.0. The summed E-state index contributed by atoms with van der Waals surface area (Å²) in [6.07, 6.45) is 3.85. The van der Waals surface area contributed by atoms with Crippen molar-refractivity contribution in [1.82, 2.24) is 10.6 Å². The van der Waals surface area contributed by atoms with E-state index in [-0.39, 0.29) is 5.91 Å². The maximum absolute atomic E-state index is 11.8. The van der Waals surface area contributed by atoms with Gasteiger partial charge in [-0.25, -0.2) is 0 Å². The second-order valence-corrected chi connectivity index (χ2v) is 5.07. The quantitative estimate of drug-likeness (QED) is 0.413. The van der Waals surface area contributed by atoms with E-state index in [1.165, 1.54) is 19.3 Å². The summed E-state index contributed by atoms with van der Waals surface area (Å²) in [6.45, 7) is 1.92. The largest absolute Gasteiger partial charge is 0.370 e. The van der Waals surface area contributed by atoms with Gasteiger partial charge in [0, 0.05) is 25.2 Å². The van der Waals surface area contributed by atoms with Crippen LogP contribution in [-0.4, -0.2) is 31.5 Å². The van der Waals surface area contributed by atoms with Crippen LogP contribution >= 0.6 is 0 Å². The second kappa shape index (κ2) is 7.53. The van der Waals surface area contributed by atoms with Crippen LogP contribution in [0.2, 0.25) is 0 Å². The van der Waals surface area contributed by atoms with E-state index in [1.807, 2.05) is 18.2 Å². The molecule has 0 unspecified atom stereocenters. The molecule has 0 saturated heterocycles. The molecule has 1 saturated carbocycles. The predicted molar refractivity (Wildman–Crippen MR) is 80.6 cm³/mol. The Kier molecular flexibility index (Phi) is 5.41. The Morgan fingerprint density at radius 2 is 1.90 bits per heavy atom. The molecule has 108 valence electrons. The molecule has 0 heterocycles. The van der Waals surface area contributed by atoms with Crippen LogP contribution in [0.15, 0.2) is 35.3 Å². The zero-order valence-corrected chi connectivity index (χ0v) is 11.6. The summed E-state index contributed by atoms with van der Waals surface area (Å²) < 4.78 is 0. The lowest BCUT2D eigenvalue weighted by molar-refractivity contribution is 0.0954. The minimum absolute atomic E-state index is 0.0719. The van der Waals surface area contributed by atoms with Crippen molar-refractivity contribution < 1.29 is 4.79 Å². The Morgan fingerprint density at radius 3 is 2.55 bits per heavy atom. The number of carbonyl (C=O) groups is 1. The third-order valence-electron chi connectivity index (χ3n) is 3.50. The van der Waals surface area contributed by atoms with Crippen molar-refractivity contribution in [2.24, 2.45) is 16.6 Å². The number of carbonyl (C=O) groups excluding carboxylic acids is 1. The Hall–Kier alpha value is -2.04. The van der Waals surface area contributed by atoms with Crippen LogP contribution in [0, 0.1) is 5.92 Å². The topological polar surface area (TPSA) is 79.5 Å². The number of nitrogens with one attached hydrogen (secondary N) is 2. The van der Waals surface area contributed by atoms with Gasteiger partial charge < -0.3 is 16.4 Å². The summed E-state index contributed by atoms with van der Waals surface area (Å²) >= 11 is 0. The molecule has 20 heavy (non-hydrogen) atoms. The van der Waals surface area contributed by atoms with Gasteiger partial charge in [-0.2, -0.15) is 0 Å². The maximum Gasteiger partial charge on any atom is 0.251 e. The highest BCUT2D eigenvalue weighted by atomic mass is 16.1. The number of guanidine groups is 1. The fourth-order valence-corrected chi connectivity index (χ4v) is 2.02. The summed E-state index contributed by atoms with van der Waals surface area (Å²) in [5.41, 5.74) is 6.42. The fraction of sp³-hybridized carbons (Fsp3) is 0.467. The third-order valence-corrected chi connectivity index (χ3v) is 3.50. The molecule has 1 aromatic rings. The van der Waals surface area contributed by atoms with Crippen LogP contribution in [0.1, 0.15) is 29.6 Å². The first-order valence-corrected chi connectivity index (χ1v) is 7.13. The Bertz CT molecular complexity index is 454. The van der Waals surface area contributed by atoms with Crippen LogP contribution in [0.25, 0.3) is 0 Å². The monoisotopic (exact) mass is 274 g/mol. The lowest BCUT2D eigenvalue weighted by atomic mass is 9.86. The minimum atomic E-state index is -0.0719. The lowest BCUT2D eigenvalue weighted by Gasteiger charge is -2.23. The van der Waals surface area contributed by atoms with Gasteiger partial charge in [-0.15, -0.1) is 0 Å². The number of hydrogen-bond acceptors (Lipinski definition) is 2. The lowest BCUT2D eigenvalue weighted by Crippen LogP contribution is -2.38. The van der Waals surface area contributed by atoms with Crippen LogP contribution < -0.4 is 16.4 Å². The van der Waals surface area contributed by atoms with Crippen molar-refractivity contribution in [2.75, 3.05) is 19.6 Å². The van der Waals surface area contributed by atoms with Crippen LogP contribution in [-0.2, 0) is 0 Å². The molecule has 0 atom stereocenters. The van der Waals surface area contributed by atoms with Crippen LogP contribution in [0.4, 0.5) is 0 Å². The predicted octanol–water partition coefficient (Wildman–Crippen LogP) is 1.12. The standard InChI is InChI=1S/C15H22N4O/c16-15(19-11-12-5-4-6-12)18-10-9-17-14(20)13-7-2-1-3-8-13/h1-3,7-8,12H,4-6,9-11H2,(H,17,20)(H3,16,18,19). The van der Waals surface area contributed by atoms with E-state index in [0.717, 1.165) is 6.54 Å². The van der Waals surface area contributed by atoms with Gasteiger partial charge in [0.05, 0.1) is 0 Å². The molecular formula is C15H22N4O. The van der Waals surface area contributed by atoms with Crippen molar-refractivity contribution >= 4 is 11.9 Å². The molecule has 0 spiro atoms. The van der Waals surface area contributed by atoms with Crippen molar-refractivity contribution in [3.8, 4) is 0 Å². The van der Waals surface area contributed by atoms with Crippen molar-refractivity contribution in [2.45, 2.75) is 19.3 Å². The number of rotatable bonds is 6. The van der Waals surface area contributed by atoms with Gasteiger partial charge in [0.1, 0.15) is 0 Å². The zero-order valence-electron chi connectivity index (χ0n) is 11.6. The van der Waals surface area contributed by atoms with Crippen LogP contribution in [0.5, 0.6) is 0 Å². The zero-order chi connectivity index (χ0) is 14.2. The van der Waals surface area contributed by atoms with Crippen molar-refractivity contribution in [3.05, 3.63) is 35.9 Å². The second-order valence-electron chi connectivity index (χ2n) is 5.07. The smallest absolute Gasteiger partial charge is 0.251 e. The number of nitrogens with zero attached hydrogens (tertiary/aromatic N) is 1. The van der Waals surface area contributed by atoms with E-state index in [0.29, 0.717) is 30.5 Å². The molecule has 0 aromatic heterocycles. The number of hydrogen-bond donors (Lipinski definition) is 3. The van der Waals surface area contributed by atoms with Gasteiger partial charge in [-0.1, -0.05) is 24.6 Å². The highest BCUT2D eigenvalue weighted by Gasteiger charge is 2.16. The highest BCUT2D eigenvalue weighted by molar-refractivity contribution is 5.94. The molecule has 1 aliphatic rings. The SMILES string of the molecule is NC(=NCC1CCC1)NCCNC(=O)c1ccccc1. The van der Waals surface area contributed by atoms with E-state index < -0.39 is 0 Å².